The zero-order valence-corrected chi connectivity index (χ0v) is 14.2. The van der Waals surface area contributed by atoms with Gasteiger partial charge in [0.2, 0.25) is 11.8 Å². The molecule has 1 unspecified atom stereocenters. The molecule has 6 nitrogen and oxygen atoms in total. The first-order valence-corrected chi connectivity index (χ1v) is 8.84. The van der Waals surface area contributed by atoms with Gasteiger partial charge >= 0.3 is 0 Å². The second-order valence-corrected chi connectivity index (χ2v) is 6.61. The van der Waals surface area contributed by atoms with Gasteiger partial charge < -0.3 is 19.7 Å². The minimum atomic E-state index is -0.122. The maximum atomic E-state index is 12.0. The van der Waals surface area contributed by atoms with Crippen LogP contribution in [0.15, 0.2) is 0 Å². The number of methoxy groups -OCH3 is 1. The van der Waals surface area contributed by atoms with Crippen molar-refractivity contribution in [1.29, 1.82) is 0 Å². The summed E-state index contributed by atoms with van der Waals surface area (Å²) in [7, 11) is 1.62. The van der Waals surface area contributed by atoms with Crippen LogP contribution in [0.25, 0.3) is 0 Å². The third-order valence-corrected chi connectivity index (χ3v) is 4.82. The smallest absolute Gasteiger partial charge is 0.248 e. The van der Waals surface area contributed by atoms with Crippen LogP contribution in [-0.2, 0) is 19.1 Å². The molecule has 132 valence electrons. The number of amides is 2. The number of carbonyl (C=O) groups is 2. The summed E-state index contributed by atoms with van der Waals surface area (Å²) in [4.78, 5) is 25.4. The Kier molecular flexibility index (Phi) is 7.82. The monoisotopic (exact) mass is 326 g/mol. The normalized spacial score (nSPS) is 23.1. The number of morpholine rings is 1. The van der Waals surface area contributed by atoms with Gasteiger partial charge in [0.05, 0.1) is 12.7 Å². The Bertz CT molecular complexity index is 383. The summed E-state index contributed by atoms with van der Waals surface area (Å²) in [5.74, 6) is 0.809. The van der Waals surface area contributed by atoms with Crippen molar-refractivity contribution < 1.29 is 19.1 Å². The Balaban J connectivity index is 1.62. The highest BCUT2D eigenvalue weighted by Crippen LogP contribution is 2.27. The van der Waals surface area contributed by atoms with Crippen LogP contribution in [0.1, 0.15) is 44.9 Å². The van der Waals surface area contributed by atoms with E-state index in [4.69, 9.17) is 9.47 Å². The molecular weight excluding hydrogens is 296 g/mol. The molecule has 2 rings (SSSR count). The predicted molar refractivity (Wildman–Crippen MR) is 87.0 cm³/mol. The molecule has 1 saturated heterocycles. The number of hydrogen-bond donors (Lipinski definition) is 1. The van der Waals surface area contributed by atoms with E-state index in [9.17, 15) is 9.59 Å². The van der Waals surface area contributed by atoms with Crippen LogP contribution in [0.5, 0.6) is 0 Å². The summed E-state index contributed by atoms with van der Waals surface area (Å²) < 4.78 is 10.5. The SMILES string of the molecule is COCCN1CC(CNC(=O)CCC2CCCCC2)OCC1=O. The molecule has 23 heavy (non-hydrogen) atoms. The molecule has 1 aliphatic carbocycles. The van der Waals surface area contributed by atoms with E-state index >= 15 is 0 Å². The molecule has 0 aromatic rings. The molecule has 0 aromatic carbocycles. The van der Waals surface area contributed by atoms with E-state index in [1.54, 1.807) is 12.0 Å². The topological polar surface area (TPSA) is 67.9 Å². The Morgan fingerprint density at radius 1 is 1.35 bits per heavy atom. The molecule has 0 radical (unpaired) electrons. The van der Waals surface area contributed by atoms with Crippen LogP contribution in [0.2, 0.25) is 0 Å². The first kappa shape index (κ1) is 18.2. The number of carbonyl (C=O) groups excluding carboxylic acids is 2. The molecule has 2 fully saturated rings. The molecule has 1 N–H and O–H groups in total. The van der Waals surface area contributed by atoms with Gasteiger partial charge in [-0.25, -0.2) is 0 Å². The van der Waals surface area contributed by atoms with Crippen molar-refractivity contribution in [3.8, 4) is 0 Å². The lowest BCUT2D eigenvalue weighted by Gasteiger charge is -2.32. The van der Waals surface area contributed by atoms with Crippen molar-refractivity contribution in [2.75, 3.05) is 40.0 Å². The number of hydrogen-bond acceptors (Lipinski definition) is 4. The molecule has 1 saturated carbocycles. The standard InChI is InChI=1S/C17H30N2O4/c1-22-10-9-19-12-15(23-13-17(19)21)11-18-16(20)8-7-14-5-3-2-4-6-14/h14-15H,2-13H2,1H3,(H,18,20). The summed E-state index contributed by atoms with van der Waals surface area (Å²) in [5, 5.41) is 2.95. The minimum Gasteiger partial charge on any atom is -0.383 e. The van der Waals surface area contributed by atoms with Gasteiger partial charge in [-0.1, -0.05) is 32.1 Å². The summed E-state index contributed by atoms with van der Waals surface area (Å²) in [6.45, 7) is 2.18. The van der Waals surface area contributed by atoms with Gasteiger partial charge in [0, 0.05) is 33.2 Å². The lowest BCUT2D eigenvalue weighted by atomic mass is 9.86. The van der Waals surface area contributed by atoms with Crippen LogP contribution in [0, 0.1) is 5.92 Å². The average Bonchev–Trinajstić information content (AvgIpc) is 2.59. The highest BCUT2D eigenvalue weighted by molar-refractivity contribution is 5.78. The van der Waals surface area contributed by atoms with Gasteiger partial charge in [-0.15, -0.1) is 0 Å². The number of ether oxygens (including phenoxy) is 2. The maximum Gasteiger partial charge on any atom is 0.248 e. The van der Waals surface area contributed by atoms with Gasteiger partial charge in [-0.2, -0.15) is 0 Å². The Labute approximate surface area is 138 Å². The van der Waals surface area contributed by atoms with Crippen molar-refractivity contribution in [2.24, 2.45) is 5.92 Å². The Morgan fingerprint density at radius 3 is 2.87 bits per heavy atom. The number of nitrogens with one attached hydrogen (secondary N) is 1. The second kappa shape index (κ2) is 9.88. The van der Waals surface area contributed by atoms with Gasteiger partial charge in [-0.05, 0) is 12.3 Å². The van der Waals surface area contributed by atoms with Gasteiger partial charge in [0.1, 0.15) is 6.61 Å². The Morgan fingerprint density at radius 2 is 2.13 bits per heavy atom. The molecule has 1 aliphatic heterocycles. The predicted octanol–water partition coefficient (Wildman–Crippen LogP) is 1.34. The van der Waals surface area contributed by atoms with Crippen molar-refractivity contribution in [2.45, 2.75) is 51.0 Å². The van der Waals surface area contributed by atoms with Crippen molar-refractivity contribution in [3.05, 3.63) is 0 Å². The van der Waals surface area contributed by atoms with E-state index in [2.05, 4.69) is 5.32 Å². The molecule has 6 heteroatoms. The van der Waals surface area contributed by atoms with Crippen LogP contribution in [0.4, 0.5) is 0 Å². The fraction of sp³-hybridized carbons (Fsp3) is 0.882. The highest BCUT2D eigenvalue weighted by atomic mass is 16.5. The first-order valence-electron chi connectivity index (χ1n) is 8.84. The van der Waals surface area contributed by atoms with Crippen LogP contribution >= 0.6 is 0 Å². The van der Waals surface area contributed by atoms with Crippen LogP contribution < -0.4 is 5.32 Å². The fourth-order valence-corrected chi connectivity index (χ4v) is 3.35. The van der Waals surface area contributed by atoms with Crippen molar-refractivity contribution in [3.63, 3.8) is 0 Å². The van der Waals surface area contributed by atoms with E-state index < -0.39 is 0 Å². The molecule has 0 bridgehead atoms. The molecule has 1 heterocycles. The third-order valence-electron chi connectivity index (χ3n) is 4.82. The quantitative estimate of drug-likeness (QED) is 0.731. The van der Waals surface area contributed by atoms with E-state index in [-0.39, 0.29) is 24.5 Å². The molecule has 2 aliphatic rings. The van der Waals surface area contributed by atoms with E-state index in [1.165, 1.54) is 32.1 Å². The lowest BCUT2D eigenvalue weighted by Crippen LogP contribution is -2.51. The summed E-state index contributed by atoms with van der Waals surface area (Å²) in [5.41, 5.74) is 0. The third kappa shape index (κ3) is 6.47. The first-order chi connectivity index (χ1) is 11.2. The number of nitrogens with zero attached hydrogens (tertiary/aromatic N) is 1. The zero-order chi connectivity index (χ0) is 16.5. The summed E-state index contributed by atoms with van der Waals surface area (Å²) >= 11 is 0. The second-order valence-electron chi connectivity index (χ2n) is 6.61. The van der Waals surface area contributed by atoms with E-state index in [0.29, 0.717) is 32.7 Å². The van der Waals surface area contributed by atoms with Gasteiger partial charge in [-0.3, -0.25) is 9.59 Å². The van der Waals surface area contributed by atoms with Crippen LogP contribution in [0.3, 0.4) is 0 Å². The van der Waals surface area contributed by atoms with E-state index in [1.807, 2.05) is 0 Å². The van der Waals surface area contributed by atoms with Gasteiger partial charge in [0.25, 0.3) is 0 Å². The highest BCUT2D eigenvalue weighted by Gasteiger charge is 2.26. The van der Waals surface area contributed by atoms with Crippen LogP contribution in [-0.4, -0.2) is 62.8 Å². The summed E-state index contributed by atoms with van der Waals surface area (Å²) in [6.07, 6.45) is 7.99. The van der Waals surface area contributed by atoms with Gasteiger partial charge in [0.15, 0.2) is 0 Å². The van der Waals surface area contributed by atoms with E-state index in [0.717, 1.165) is 12.3 Å². The number of rotatable bonds is 8. The largest absolute Gasteiger partial charge is 0.383 e. The summed E-state index contributed by atoms with van der Waals surface area (Å²) in [6, 6.07) is 0. The molecule has 0 spiro atoms. The zero-order valence-electron chi connectivity index (χ0n) is 14.2. The van der Waals surface area contributed by atoms with Crippen molar-refractivity contribution >= 4 is 11.8 Å². The minimum absolute atomic E-state index is 0.0121. The molecule has 0 aromatic heterocycles. The molecular formula is C17H30N2O4. The van der Waals surface area contributed by atoms with Crippen molar-refractivity contribution in [1.82, 2.24) is 10.2 Å². The fourth-order valence-electron chi connectivity index (χ4n) is 3.35. The lowest BCUT2D eigenvalue weighted by molar-refractivity contribution is -0.149. The Hall–Kier alpha value is -1.14. The average molecular weight is 326 g/mol. The maximum absolute atomic E-state index is 12.0. The molecule has 1 atom stereocenters. The molecule has 2 amide bonds.